The number of nitrogens with two attached hydrogens (primary N) is 1. The standard InChI is InChI=1S/C28H31N5O4/c1-37-25-12-6-10-22-21(25)16-24(26(30)34)33(22)23(11-5-9-18-7-3-2-4-8-18)28(36)32-20(17-29)15-19-13-14-31-27(19)35/h2-4,6-8,10,12,16,19-20,23H,5,9,11,13-15H2,1H3,(H2,30,34)(H,31,35)(H,32,36)/t19-,20-,23-/m0/s1. The molecule has 1 aliphatic rings. The largest absolute Gasteiger partial charge is 0.496 e. The number of primary amides is 1. The zero-order valence-electron chi connectivity index (χ0n) is 20.8. The number of hydrogen-bond acceptors (Lipinski definition) is 5. The number of nitriles is 1. The average molecular weight is 502 g/mol. The summed E-state index contributed by atoms with van der Waals surface area (Å²) in [7, 11) is 1.54. The van der Waals surface area contributed by atoms with Gasteiger partial charge < -0.3 is 25.7 Å². The highest BCUT2D eigenvalue weighted by atomic mass is 16.5. The van der Waals surface area contributed by atoms with E-state index in [0.717, 1.165) is 12.0 Å². The quantitative estimate of drug-likeness (QED) is 0.371. The maximum absolute atomic E-state index is 13.7. The van der Waals surface area contributed by atoms with Crippen molar-refractivity contribution in [2.45, 2.75) is 44.2 Å². The van der Waals surface area contributed by atoms with Gasteiger partial charge in [0, 0.05) is 17.8 Å². The molecule has 3 atom stereocenters. The fourth-order valence-electron chi connectivity index (χ4n) is 5.02. The van der Waals surface area contributed by atoms with Crippen LogP contribution >= 0.6 is 0 Å². The minimum atomic E-state index is -0.841. The van der Waals surface area contributed by atoms with E-state index in [9.17, 15) is 19.6 Å². The van der Waals surface area contributed by atoms with Crippen LogP contribution in [0, 0.1) is 17.2 Å². The Morgan fingerprint density at radius 3 is 2.68 bits per heavy atom. The zero-order valence-corrected chi connectivity index (χ0v) is 20.8. The summed E-state index contributed by atoms with van der Waals surface area (Å²) in [5.74, 6) is -0.934. The van der Waals surface area contributed by atoms with Crippen LogP contribution < -0.4 is 21.1 Å². The van der Waals surface area contributed by atoms with E-state index in [1.165, 1.54) is 7.11 Å². The van der Waals surface area contributed by atoms with Crippen molar-refractivity contribution in [2.24, 2.45) is 11.7 Å². The van der Waals surface area contributed by atoms with Crippen molar-refractivity contribution in [3.05, 3.63) is 65.9 Å². The highest BCUT2D eigenvalue weighted by Crippen LogP contribution is 2.33. The number of nitrogens with zero attached hydrogens (tertiary/aromatic N) is 2. The Bertz CT molecular complexity index is 1330. The Morgan fingerprint density at radius 2 is 2.03 bits per heavy atom. The first-order chi connectivity index (χ1) is 17.9. The lowest BCUT2D eigenvalue weighted by Gasteiger charge is -2.24. The number of fused-ring (bicyclic) bond motifs is 1. The van der Waals surface area contributed by atoms with Crippen molar-refractivity contribution < 1.29 is 19.1 Å². The van der Waals surface area contributed by atoms with Crippen molar-refractivity contribution in [1.29, 1.82) is 5.26 Å². The number of carbonyl (C=O) groups excluding carboxylic acids is 3. The van der Waals surface area contributed by atoms with Crippen molar-refractivity contribution >= 4 is 28.6 Å². The summed E-state index contributed by atoms with van der Waals surface area (Å²) in [4.78, 5) is 38.2. The molecule has 9 nitrogen and oxygen atoms in total. The number of amides is 3. The molecule has 2 aromatic carbocycles. The van der Waals surface area contributed by atoms with Gasteiger partial charge in [0.1, 0.15) is 23.5 Å². The smallest absolute Gasteiger partial charge is 0.265 e. The molecule has 0 saturated carbocycles. The molecule has 1 aromatic heterocycles. The summed E-state index contributed by atoms with van der Waals surface area (Å²) >= 11 is 0. The topological polar surface area (TPSA) is 139 Å². The lowest BCUT2D eigenvalue weighted by atomic mass is 9.98. The number of rotatable bonds is 11. The van der Waals surface area contributed by atoms with Crippen molar-refractivity contribution in [3.63, 3.8) is 0 Å². The minimum absolute atomic E-state index is 0.103. The second kappa shape index (κ2) is 11.6. The van der Waals surface area contributed by atoms with Gasteiger partial charge in [-0.3, -0.25) is 14.4 Å². The molecule has 0 radical (unpaired) electrons. The Kier molecular flexibility index (Phi) is 8.08. The van der Waals surface area contributed by atoms with Gasteiger partial charge in [-0.1, -0.05) is 36.4 Å². The molecule has 0 unspecified atom stereocenters. The lowest BCUT2D eigenvalue weighted by Crippen LogP contribution is -2.41. The van der Waals surface area contributed by atoms with E-state index in [1.54, 1.807) is 22.8 Å². The predicted molar refractivity (Wildman–Crippen MR) is 139 cm³/mol. The fraction of sp³-hybridized carbons (Fsp3) is 0.357. The summed E-state index contributed by atoms with van der Waals surface area (Å²) in [6.45, 7) is 0.566. The Morgan fingerprint density at radius 1 is 1.24 bits per heavy atom. The molecule has 1 aliphatic heterocycles. The van der Waals surface area contributed by atoms with E-state index in [-0.39, 0.29) is 23.9 Å². The summed E-state index contributed by atoms with van der Waals surface area (Å²) in [5.41, 5.74) is 7.71. The Balaban J connectivity index is 1.66. The molecular weight excluding hydrogens is 470 g/mol. The second-order valence-corrected chi connectivity index (χ2v) is 9.25. The van der Waals surface area contributed by atoms with Gasteiger partial charge in [-0.05, 0) is 55.9 Å². The summed E-state index contributed by atoms with van der Waals surface area (Å²) in [6, 6.07) is 17.4. The van der Waals surface area contributed by atoms with Crippen LogP contribution in [0.3, 0.4) is 0 Å². The van der Waals surface area contributed by atoms with Crippen LogP contribution in [-0.4, -0.2) is 42.0 Å². The van der Waals surface area contributed by atoms with Gasteiger partial charge in [-0.15, -0.1) is 0 Å². The van der Waals surface area contributed by atoms with Crippen molar-refractivity contribution in [1.82, 2.24) is 15.2 Å². The third-order valence-corrected chi connectivity index (χ3v) is 6.87. The molecule has 0 bridgehead atoms. The molecular formula is C28H31N5O4. The molecule has 1 saturated heterocycles. The van der Waals surface area contributed by atoms with Crippen LogP contribution in [0.1, 0.15) is 47.8 Å². The van der Waals surface area contributed by atoms with Crippen molar-refractivity contribution in [2.75, 3.05) is 13.7 Å². The van der Waals surface area contributed by atoms with Gasteiger partial charge in [-0.25, -0.2) is 0 Å². The molecule has 192 valence electrons. The van der Waals surface area contributed by atoms with Gasteiger partial charge >= 0.3 is 0 Å². The van der Waals surface area contributed by atoms with Gasteiger partial charge in [0.2, 0.25) is 11.8 Å². The molecule has 3 amide bonds. The van der Waals surface area contributed by atoms with Crippen LogP contribution in [0.15, 0.2) is 54.6 Å². The zero-order chi connectivity index (χ0) is 26.4. The second-order valence-electron chi connectivity index (χ2n) is 9.25. The van der Waals surface area contributed by atoms with Crippen LogP contribution in [0.4, 0.5) is 0 Å². The Labute approximate surface area is 215 Å². The fourth-order valence-corrected chi connectivity index (χ4v) is 5.02. The minimum Gasteiger partial charge on any atom is -0.496 e. The maximum atomic E-state index is 13.7. The first kappa shape index (κ1) is 25.8. The average Bonchev–Trinajstić information content (AvgIpc) is 3.50. The summed E-state index contributed by atoms with van der Waals surface area (Å²) in [5, 5.41) is 16.0. The number of methoxy groups -OCH3 is 1. The first-order valence-corrected chi connectivity index (χ1v) is 12.4. The number of aromatic nitrogens is 1. The monoisotopic (exact) mass is 501 g/mol. The predicted octanol–water partition coefficient (Wildman–Crippen LogP) is 2.85. The SMILES string of the molecule is COc1cccc2c1cc(C(N)=O)n2[C@@H](CCCc1ccccc1)C(=O)N[C@H](C#N)C[C@@H]1CCNC1=O. The van der Waals surface area contributed by atoms with Gasteiger partial charge in [0.05, 0.1) is 18.7 Å². The van der Waals surface area contributed by atoms with E-state index < -0.39 is 23.9 Å². The van der Waals surface area contributed by atoms with Crippen molar-refractivity contribution in [3.8, 4) is 11.8 Å². The van der Waals surface area contributed by atoms with Crippen LogP contribution in [0.5, 0.6) is 5.75 Å². The molecule has 9 heteroatoms. The lowest BCUT2D eigenvalue weighted by molar-refractivity contribution is -0.126. The van der Waals surface area contributed by atoms with Crippen LogP contribution in [0.2, 0.25) is 0 Å². The van der Waals surface area contributed by atoms with Gasteiger partial charge in [0.15, 0.2) is 0 Å². The molecule has 3 aromatic rings. The number of aryl methyl sites for hydroxylation is 1. The normalized spacial score (nSPS) is 16.5. The number of nitrogens with one attached hydrogen (secondary N) is 2. The molecule has 4 rings (SSSR count). The Hall–Kier alpha value is -4.32. The molecule has 37 heavy (non-hydrogen) atoms. The molecule has 2 heterocycles. The van der Waals surface area contributed by atoms with Gasteiger partial charge in [-0.2, -0.15) is 5.26 Å². The van der Waals surface area contributed by atoms with Crippen LogP contribution in [0.25, 0.3) is 10.9 Å². The van der Waals surface area contributed by atoms with E-state index in [4.69, 9.17) is 10.5 Å². The van der Waals surface area contributed by atoms with E-state index in [1.807, 2.05) is 36.4 Å². The number of ether oxygens (including phenoxy) is 1. The maximum Gasteiger partial charge on any atom is 0.265 e. The summed E-state index contributed by atoms with van der Waals surface area (Å²) in [6.07, 6.45) is 2.66. The summed E-state index contributed by atoms with van der Waals surface area (Å²) < 4.78 is 7.12. The highest BCUT2D eigenvalue weighted by molar-refractivity contribution is 6.01. The molecule has 0 aliphatic carbocycles. The van der Waals surface area contributed by atoms with E-state index >= 15 is 0 Å². The molecule has 0 spiro atoms. The van der Waals surface area contributed by atoms with E-state index in [2.05, 4.69) is 16.7 Å². The number of hydrogen-bond donors (Lipinski definition) is 3. The third kappa shape index (κ3) is 5.75. The molecule has 4 N–H and O–H groups in total. The molecule has 1 fully saturated rings. The third-order valence-electron chi connectivity index (χ3n) is 6.87. The number of benzene rings is 2. The van der Waals surface area contributed by atoms with Crippen LogP contribution in [-0.2, 0) is 16.0 Å². The van der Waals surface area contributed by atoms with E-state index in [0.29, 0.717) is 42.5 Å². The number of carbonyl (C=O) groups is 3. The van der Waals surface area contributed by atoms with Gasteiger partial charge in [0.25, 0.3) is 5.91 Å². The first-order valence-electron chi connectivity index (χ1n) is 12.4. The highest BCUT2D eigenvalue weighted by Gasteiger charge is 2.31.